The van der Waals surface area contributed by atoms with E-state index in [1.807, 2.05) is 6.20 Å². The highest BCUT2D eigenvalue weighted by molar-refractivity contribution is 7.08. The van der Waals surface area contributed by atoms with E-state index in [9.17, 15) is 18.0 Å². The molecular weight excluding hydrogens is 467 g/mol. The molecule has 2 N–H and O–H groups in total. The molecule has 3 aromatic heterocycles. The fourth-order valence-corrected chi connectivity index (χ4v) is 4.40. The molecule has 4 heterocycles. The fourth-order valence-electron chi connectivity index (χ4n) is 3.21. The van der Waals surface area contributed by atoms with Crippen LogP contribution in [0.1, 0.15) is 34.2 Å². The zero-order valence-electron chi connectivity index (χ0n) is 16.7. The van der Waals surface area contributed by atoms with Crippen molar-refractivity contribution in [1.82, 2.24) is 25.0 Å². The van der Waals surface area contributed by atoms with E-state index in [1.165, 1.54) is 22.6 Å². The van der Waals surface area contributed by atoms with Gasteiger partial charge in [-0.05, 0) is 34.9 Å². The van der Waals surface area contributed by atoms with E-state index in [4.69, 9.17) is 9.90 Å². The molecule has 3 aromatic rings. The molecule has 4 rings (SSSR count). The standard InChI is InChI=1S/C17H19N5OS2.C2HF3O2/c23-17(16-11-25-12-19-16)18-4-1-14-8-21(7-13-3-6-24-10-13)9-15-2-5-20-22(14)15;3-2(4,5)1(6)7/h2-3,5-6,10-12,14H,1,4,7-9H2,(H,18,23);(H,6,7). The molecule has 0 radical (unpaired) electrons. The van der Waals surface area contributed by atoms with E-state index >= 15 is 0 Å². The van der Waals surface area contributed by atoms with Gasteiger partial charge in [0.1, 0.15) is 5.69 Å². The van der Waals surface area contributed by atoms with E-state index in [2.05, 4.69) is 47.9 Å². The lowest BCUT2D eigenvalue weighted by molar-refractivity contribution is -0.192. The molecule has 0 aliphatic carbocycles. The molecular formula is C19H20F3N5O3S2. The van der Waals surface area contributed by atoms with E-state index in [1.54, 1.807) is 22.2 Å². The van der Waals surface area contributed by atoms with Crippen LogP contribution >= 0.6 is 22.7 Å². The molecule has 172 valence electrons. The van der Waals surface area contributed by atoms with Gasteiger partial charge in [0.05, 0.1) is 17.2 Å². The van der Waals surface area contributed by atoms with Crippen molar-refractivity contribution in [2.75, 3.05) is 13.1 Å². The maximum absolute atomic E-state index is 12.0. The molecule has 8 nitrogen and oxygen atoms in total. The second-order valence-corrected chi connectivity index (χ2v) is 8.44. The predicted molar refractivity (Wildman–Crippen MR) is 112 cm³/mol. The highest BCUT2D eigenvalue weighted by Crippen LogP contribution is 2.24. The number of aromatic nitrogens is 3. The summed E-state index contributed by atoms with van der Waals surface area (Å²) < 4.78 is 33.8. The summed E-state index contributed by atoms with van der Waals surface area (Å²) in [4.78, 5) is 27.4. The van der Waals surface area contributed by atoms with Gasteiger partial charge in [0.15, 0.2) is 0 Å². The van der Waals surface area contributed by atoms with Crippen molar-refractivity contribution >= 4 is 34.6 Å². The molecule has 1 aliphatic heterocycles. The van der Waals surface area contributed by atoms with E-state index in [0.29, 0.717) is 12.2 Å². The Balaban J connectivity index is 0.000000360. The summed E-state index contributed by atoms with van der Waals surface area (Å²) in [5, 5.41) is 20.7. The number of hydrogen-bond acceptors (Lipinski definition) is 7. The molecule has 0 fully saturated rings. The first-order chi connectivity index (χ1) is 15.2. The normalized spacial score (nSPS) is 16.0. The molecule has 0 spiro atoms. The third-order valence-electron chi connectivity index (χ3n) is 4.61. The number of nitrogens with zero attached hydrogens (tertiary/aromatic N) is 4. The summed E-state index contributed by atoms with van der Waals surface area (Å²) in [5.41, 5.74) is 4.76. The van der Waals surface area contributed by atoms with Gasteiger partial charge in [-0.3, -0.25) is 14.4 Å². The van der Waals surface area contributed by atoms with Crippen LogP contribution in [0.15, 0.2) is 40.0 Å². The van der Waals surface area contributed by atoms with Gasteiger partial charge in [0.2, 0.25) is 0 Å². The van der Waals surface area contributed by atoms with E-state index in [-0.39, 0.29) is 11.9 Å². The summed E-state index contributed by atoms with van der Waals surface area (Å²) in [6.45, 7) is 3.43. The van der Waals surface area contributed by atoms with Gasteiger partial charge in [-0.15, -0.1) is 11.3 Å². The number of nitrogens with one attached hydrogen (secondary N) is 1. The largest absolute Gasteiger partial charge is 0.490 e. The van der Waals surface area contributed by atoms with Crippen LogP contribution in [-0.4, -0.2) is 55.9 Å². The lowest BCUT2D eigenvalue weighted by atomic mass is 10.1. The number of alkyl halides is 3. The van der Waals surface area contributed by atoms with E-state index < -0.39 is 12.1 Å². The number of rotatable bonds is 6. The van der Waals surface area contributed by atoms with Crippen LogP contribution in [-0.2, 0) is 17.9 Å². The number of halogens is 3. The Morgan fingerprint density at radius 3 is 2.66 bits per heavy atom. The smallest absolute Gasteiger partial charge is 0.475 e. The van der Waals surface area contributed by atoms with Crippen LogP contribution in [0.2, 0.25) is 0 Å². The minimum Gasteiger partial charge on any atom is -0.475 e. The van der Waals surface area contributed by atoms with Crippen LogP contribution in [0.4, 0.5) is 13.2 Å². The molecule has 1 aliphatic rings. The zero-order chi connectivity index (χ0) is 23.1. The van der Waals surface area contributed by atoms with Crippen LogP contribution in [0.25, 0.3) is 0 Å². The van der Waals surface area contributed by atoms with Crippen molar-refractivity contribution in [3.05, 3.63) is 56.9 Å². The lowest BCUT2D eigenvalue weighted by Gasteiger charge is -2.33. The zero-order valence-corrected chi connectivity index (χ0v) is 18.3. The van der Waals surface area contributed by atoms with Gasteiger partial charge >= 0.3 is 12.1 Å². The number of carboxylic acids is 1. The van der Waals surface area contributed by atoms with Crippen molar-refractivity contribution in [1.29, 1.82) is 0 Å². The van der Waals surface area contributed by atoms with Crippen molar-refractivity contribution in [2.45, 2.75) is 31.7 Å². The molecule has 13 heteroatoms. The van der Waals surface area contributed by atoms with Crippen molar-refractivity contribution in [2.24, 2.45) is 0 Å². The first-order valence-corrected chi connectivity index (χ1v) is 11.3. The number of thiazole rings is 1. The maximum atomic E-state index is 12.0. The highest BCUT2D eigenvalue weighted by atomic mass is 32.1. The number of hydrogen-bond donors (Lipinski definition) is 2. The topological polar surface area (TPSA) is 100 Å². The Bertz CT molecular complexity index is 1010. The van der Waals surface area contributed by atoms with Crippen molar-refractivity contribution in [3.63, 3.8) is 0 Å². The van der Waals surface area contributed by atoms with Gasteiger partial charge in [-0.1, -0.05) is 0 Å². The number of fused-ring (bicyclic) bond motifs is 1. The summed E-state index contributed by atoms with van der Waals surface area (Å²) in [6, 6.07) is 4.54. The summed E-state index contributed by atoms with van der Waals surface area (Å²) in [5.74, 6) is -2.86. The number of amides is 1. The second kappa shape index (κ2) is 10.7. The summed E-state index contributed by atoms with van der Waals surface area (Å²) in [6.07, 6.45) is -2.37. The Hall–Kier alpha value is -2.77. The van der Waals surface area contributed by atoms with Crippen LogP contribution < -0.4 is 5.32 Å². The van der Waals surface area contributed by atoms with Crippen LogP contribution in [0.3, 0.4) is 0 Å². The molecule has 0 aromatic carbocycles. The number of thiophene rings is 1. The number of aliphatic carboxylic acids is 1. The minimum atomic E-state index is -5.08. The number of carboxylic acid groups (broad SMARTS) is 1. The molecule has 1 atom stereocenters. The third-order valence-corrected chi connectivity index (χ3v) is 5.93. The Labute approximate surface area is 189 Å². The Morgan fingerprint density at radius 1 is 1.25 bits per heavy atom. The Morgan fingerprint density at radius 2 is 2.03 bits per heavy atom. The molecule has 0 saturated heterocycles. The maximum Gasteiger partial charge on any atom is 0.490 e. The SMILES string of the molecule is O=C(NCCC1CN(Cc2ccsc2)Cc2ccnn21)c1cscn1.O=C(O)C(F)(F)F. The lowest BCUT2D eigenvalue weighted by Crippen LogP contribution is -2.38. The monoisotopic (exact) mass is 487 g/mol. The minimum absolute atomic E-state index is 0.104. The Kier molecular flexibility index (Phi) is 7.99. The van der Waals surface area contributed by atoms with Gasteiger partial charge in [0, 0.05) is 37.8 Å². The molecule has 32 heavy (non-hydrogen) atoms. The number of carbonyl (C=O) groups excluding carboxylic acids is 1. The number of carbonyl (C=O) groups is 2. The summed E-state index contributed by atoms with van der Waals surface area (Å²) in [7, 11) is 0. The van der Waals surface area contributed by atoms with Gasteiger partial charge in [-0.2, -0.15) is 29.6 Å². The molecule has 0 bridgehead atoms. The highest BCUT2D eigenvalue weighted by Gasteiger charge is 2.38. The molecule has 1 amide bonds. The van der Waals surface area contributed by atoms with Gasteiger partial charge < -0.3 is 10.4 Å². The predicted octanol–water partition coefficient (Wildman–Crippen LogP) is 3.41. The fraction of sp³-hybridized carbons (Fsp3) is 0.368. The van der Waals surface area contributed by atoms with Crippen LogP contribution in [0, 0.1) is 0 Å². The first-order valence-electron chi connectivity index (χ1n) is 9.46. The molecule has 1 unspecified atom stereocenters. The summed E-state index contributed by atoms with van der Waals surface area (Å²) >= 11 is 3.17. The third kappa shape index (κ3) is 6.61. The quantitative estimate of drug-likeness (QED) is 0.553. The van der Waals surface area contributed by atoms with Gasteiger partial charge in [-0.25, -0.2) is 9.78 Å². The van der Waals surface area contributed by atoms with Crippen molar-refractivity contribution in [3.8, 4) is 0 Å². The second-order valence-electron chi connectivity index (χ2n) is 6.94. The molecule has 0 saturated carbocycles. The van der Waals surface area contributed by atoms with Crippen molar-refractivity contribution < 1.29 is 27.9 Å². The van der Waals surface area contributed by atoms with E-state index in [0.717, 1.165) is 26.1 Å². The van der Waals surface area contributed by atoms with Gasteiger partial charge in [0.25, 0.3) is 5.91 Å². The van der Waals surface area contributed by atoms with Crippen LogP contribution in [0.5, 0.6) is 0 Å². The average Bonchev–Trinajstić information content (AvgIpc) is 3.50. The first kappa shape index (κ1) is 23.9. The average molecular weight is 488 g/mol.